The molecular weight excluding hydrogens is 111 g/mol. The second-order valence-electron chi connectivity index (χ2n) is 1.38. The van der Waals surface area contributed by atoms with Crippen LogP contribution in [0, 0.1) is 0 Å². The molecule has 0 fully saturated rings. The number of halogens is 1. The molecule has 50 valence electrons. The minimum absolute atomic E-state index is 0.117. The van der Waals surface area contributed by atoms with Gasteiger partial charge in [0.2, 0.25) is 0 Å². The molecule has 0 heterocycles. The highest BCUT2D eigenvalue weighted by Crippen LogP contribution is 1.79. The van der Waals surface area contributed by atoms with Crippen LogP contribution < -0.4 is 0 Å². The van der Waals surface area contributed by atoms with E-state index in [2.05, 4.69) is 4.74 Å². The van der Waals surface area contributed by atoms with Gasteiger partial charge in [0.05, 0.1) is 6.61 Å². The Balaban J connectivity index is 2.53. The minimum Gasteiger partial charge on any atom is -0.396 e. The van der Waals surface area contributed by atoms with Gasteiger partial charge in [0.1, 0.15) is 6.67 Å². The molecule has 8 heavy (non-hydrogen) atoms. The molecule has 0 rings (SSSR count). The summed E-state index contributed by atoms with van der Waals surface area (Å²) in [5, 5.41) is 8.19. The molecule has 0 saturated heterocycles. The lowest BCUT2D eigenvalue weighted by molar-refractivity contribution is 0.104. The number of hydrogen-bond acceptors (Lipinski definition) is 2. The second kappa shape index (κ2) is 6.85. The van der Waals surface area contributed by atoms with E-state index in [1.54, 1.807) is 0 Å². The molecule has 0 aliphatic heterocycles. The van der Waals surface area contributed by atoms with E-state index < -0.39 is 6.67 Å². The number of aliphatic hydroxyl groups excluding tert-OH is 1. The van der Waals surface area contributed by atoms with Gasteiger partial charge in [-0.2, -0.15) is 0 Å². The van der Waals surface area contributed by atoms with Gasteiger partial charge in [0, 0.05) is 13.2 Å². The van der Waals surface area contributed by atoms with Gasteiger partial charge in [0.15, 0.2) is 0 Å². The molecule has 0 amide bonds. The molecule has 1 N–H and O–H groups in total. The van der Waals surface area contributed by atoms with E-state index in [0.29, 0.717) is 13.0 Å². The summed E-state index contributed by atoms with van der Waals surface area (Å²) in [6, 6.07) is 0. The van der Waals surface area contributed by atoms with E-state index >= 15 is 0 Å². The van der Waals surface area contributed by atoms with Crippen molar-refractivity contribution in [1.29, 1.82) is 0 Å². The summed E-state index contributed by atoms with van der Waals surface area (Å²) in [5.41, 5.74) is 0. The van der Waals surface area contributed by atoms with Gasteiger partial charge in [-0.3, -0.25) is 0 Å². The van der Waals surface area contributed by atoms with Gasteiger partial charge >= 0.3 is 0 Å². The third kappa shape index (κ3) is 5.85. The Morgan fingerprint density at radius 2 is 2.12 bits per heavy atom. The van der Waals surface area contributed by atoms with Crippen LogP contribution in [0.4, 0.5) is 4.39 Å². The molecule has 0 unspecified atom stereocenters. The molecule has 0 spiro atoms. The first-order valence-corrected chi connectivity index (χ1v) is 2.66. The highest BCUT2D eigenvalue weighted by atomic mass is 19.1. The third-order valence-electron chi connectivity index (χ3n) is 0.668. The average molecular weight is 122 g/mol. The number of alkyl halides is 1. The molecule has 0 aromatic rings. The number of rotatable bonds is 5. The van der Waals surface area contributed by atoms with Crippen molar-refractivity contribution in [2.75, 3.05) is 26.5 Å². The topological polar surface area (TPSA) is 29.5 Å². The fourth-order valence-electron chi connectivity index (χ4n) is 0.323. The smallest absolute Gasteiger partial charge is 0.113 e. The molecular formula is C5H11FO2. The summed E-state index contributed by atoms with van der Waals surface area (Å²) in [6.07, 6.45) is 0.597. The molecule has 0 atom stereocenters. The van der Waals surface area contributed by atoms with Gasteiger partial charge < -0.3 is 9.84 Å². The zero-order valence-electron chi connectivity index (χ0n) is 4.77. The van der Waals surface area contributed by atoms with Crippen molar-refractivity contribution in [3.8, 4) is 0 Å². The van der Waals surface area contributed by atoms with E-state index in [1.807, 2.05) is 0 Å². The lowest BCUT2D eigenvalue weighted by Crippen LogP contribution is -1.99. The van der Waals surface area contributed by atoms with Gasteiger partial charge in [-0.1, -0.05) is 0 Å². The van der Waals surface area contributed by atoms with Gasteiger partial charge in [-0.25, -0.2) is 4.39 Å². The average Bonchev–Trinajstić information content (AvgIpc) is 1.81. The van der Waals surface area contributed by atoms with Crippen molar-refractivity contribution in [3.63, 3.8) is 0 Å². The van der Waals surface area contributed by atoms with Gasteiger partial charge in [0.25, 0.3) is 0 Å². The van der Waals surface area contributed by atoms with Crippen molar-refractivity contribution in [1.82, 2.24) is 0 Å². The van der Waals surface area contributed by atoms with Crippen LogP contribution in [-0.4, -0.2) is 31.6 Å². The number of aliphatic hydroxyl groups is 1. The summed E-state index contributed by atoms with van der Waals surface area (Å²) >= 11 is 0. The summed E-state index contributed by atoms with van der Waals surface area (Å²) in [5.74, 6) is 0. The molecule has 0 bridgehead atoms. The largest absolute Gasteiger partial charge is 0.396 e. The first kappa shape index (κ1) is 7.85. The van der Waals surface area contributed by atoms with Crippen LogP contribution in [0.1, 0.15) is 6.42 Å². The summed E-state index contributed by atoms with van der Waals surface area (Å²) in [6.45, 7) is 0.290. The number of hydrogen-bond donors (Lipinski definition) is 1. The molecule has 0 aromatic carbocycles. The normalized spacial score (nSPS) is 9.75. The Bertz CT molecular complexity index is 35.4. The lowest BCUT2D eigenvalue weighted by atomic mass is 10.5. The predicted molar refractivity (Wildman–Crippen MR) is 28.5 cm³/mol. The molecule has 0 aliphatic rings. The van der Waals surface area contributed by atoms with Crippen molar-refractivity contribution >= 4 is 0 Å². The summed E-state index contributed by atoms with van der Waals surface area (Å²) in [4.78, 5) is 0. The highest BCUT2D eigenvalue weighted by Gasteiger charge is 1.84. The zero-order chi connectivity index (χ0) is 6.24. The summed E-state index contributed by atoms with van der Waals surface area (Å²) in [7, 11) is 0. The lowest BCUT2D eigenvalue weighted by Gasteiger charge is -1.96. The third-order valence-corrected chi connectivity index (χ3v) is 0.668. The molecule has 0 aliphatic carbocycles. The molecule has 2 nitrogen and oxygen atoms in total. The fraction of sp³-hybridized carbons (Fsp3) is 1.00. The molecule has 0 radical (unpaired) electrons. The quantitative estimate of drug-likeness (QED) is 0.533. The van der Waals surface area contributed by atoms with E-state index in [-0.39, 0.29) is 13.2 Å². The van der Waals surface area contributed by atoms with Crippen LogP contribution >= 0.6 is 0 Å². The van der Waals surface area contributed by atoms with Crippen molar-refractivity contribution in [2.24, 2.45) is 0 Å². The van der Waals surface area contributed by atoms with Gasteiger partial charge in [-0.05, 0) is 6.42 Å². The first-order chi connectivity index (χ1) is 3.91. The van der Waals surface area contributed by atoms with E-state index in [0.717, 1.165) is 0 Å². The zero-order valence-corrected chi connectivity index (χ0v) is 4.77. The van der Waals surface area contributed by atoms with E-state index in [4.69, 9.17) is 5.11 Å². The highest BCUT2D eigenvalue weighted by molar-refractivity contribution is 4.30. The van der Waals surface area contributed by atoms with Crippen LogP contribution in [0.3, 0.4) is 0 Å². The Hall–Kier alpha value is -0.150. The summed E-state index contributed by atoms with van der Waals surface area (Å²) < 4.78 is 15.9. The maximum absolute atomic E-state index is 11.2. The maximum atomic E-state index is 11.2. The Labute approximate surface area is 48.3 Å². The molecule has 3 heteroatoms. The van der Waals surface area contributed by atoms with Crippen molar-refractivity contribution in [3.05, 3.63) is 0 Å². The molecule has 0 aromatic heterocycles. The minimum atomic E-state index is -0.439. The van der Waals surface area contributed by atoms with Crippen molar-refractivity contribution in [2.45, 2.75) is 6.42 Å². The van der Waals surface area contributed by atoms with Crippen molar-refractivity contribution < 1.29 is 14.2 Å². The van der Waals surface area contributed by atoms with Crippen LogP contribution in [0.5, 0.6) is 0 Å². The predicted octanol–water partition coefficient (Wildman–Crippen LogP) is 0.355. The fourth-order valence-corrected chi connectivity index (χ4v) is 0.323. The Morgan fingerprint density at radius 3 is 2.62 bits per heavy atom. The Kier molecular flexibility index (Phi) is 6.72. The SMILES string of the molecule is OCCCOCCF. The number of ether oxygens (including phenoxy) is 1. The van der Waals surface area contributed by atoms with Crippen LogP contribution in [0.25, 0.3) is 0 Å². The van der Waals surface area contributed by atoms with Crippen LogP contribution in [0.15, 0.2) is 0 Å². The van der Waals surface area contributed by atoms with E-state index in [1.165, 1.54) is 0 Å². The van der Waals surface area contributed by atoms with Crippen LogP contribution in [0.2, 0.25) is 0 Å². The van der Waals surface area contributed by atoms with Gasteiger partial charge in [-0.15, -0.1) is 0 Å². The standard InChI is InChI=1S/C5H11FO2/c6-2-5-8-4-1-3-7/h7H,1-5H2. The van der Waals surface area contributed by atoms with E-state index in [9.17, 15) is 4.39 Å². The first-order valence-electron chi connectivity index (χ1n) is 2.66. The second-order valence-corrected chi connectivity index (χ2v) is 1.38. The molecule has 0 saturated carbocycles. The maximum Gasteiger partial charge on any atom is 0.113 e. The monoisotopic (exact) mass is 122 g/mol. The Morgan fingerprint density at radius 1 is 1.38 bits per heavy atom. The van der Waals surface area contributed by atoms with Crippen LogP contribution in [-0.2, 0) is 4.74 Å².